The lowest BCUT2D eigenvalue weighted by Gasteiger charge is -2.24. The summed E-state index contributed by atoms with van der Waals surface area (Å²) in [4.78, 5) is 17.6. The first-order valence-electron chi connectivity index (χ1n) is 7.32. The van der Waals surface area contributed by atoms with Crippen molar-refractivity contribution in [3.05, 3.63) is 70.9 Å². The normalized spacial score (nSPS) is 10.6. The molecule has 1 heterocycles. The van der Waals surface area contributed by atoms with Crippen molar-refractivity contribution < 1.29 is 4.79 Å². The molecule has 2 rings (SSSR count). The summed E-state index contributed by atoms with van der Waals surface area (Å²) in [5.74, 6) is 0.131. The van der Waals surface area contributed by atoms with Crippen molar-refractivity contribution in [1.82, 2.24) is 9.80 Å². The molecular formula is C18H22N2OS. The zero-order valence-corrected chi connectivity index (χ0v) is 13.8. The molecule has 0 aliphatic heterocycles. The molecule has 0 saturated carbocycles. The third kappa shape index (κ3) is 5.13. The molecule has 0 unspecified atom stereocenters. The van der Waals surface area contributed by atoms with Crippen LogP contribution >= 0.6 is 11.3 Å². The van der Waals surface area contributed by atoms with Crippen LogP contribution in [0.1, 0.15) is 10.4 Å². The molecule has 22 heavy (non-hydrogen) atoms. The van der Waals surface area contributed by atoms with E-state index in [1.54, 1.807) is 17.4 Å². The van der Waals surface area contributed by atoms with Crippen molar-refractivity contribution in [3.8, 4) is 0 Å². The second kappa shape index (κ2) is 8.51. The minimum Gasteiger partial charge on any atom is -0.333 e. The number of hydrogen-bond acceptors (Lipinski definition) is 3. The van der Waals surface area contributed by atoms with Gasteiger partial charge in [0.1, 0.15) is 0 Å². The molecule has 0 saturated heterocycles. The smallest absolute Gasteiger partial charge is 0.237 e. The first-order valence-corrected chi connectivity index (χ1v) is 8.20. The molecule has 0 spiro atoms. The van der Waals surface area contributed by atoms with Crippen LogP contribution in [0, 0.1) is 0 Å². The summed E-state index contributed by atoms with van der Waals surface area (Å²) in [5.41, 5.74) is 1.21. The number of rotatable bonds is 8. The monoisotopic (exact) mass is 314 g/mol. The second-order valence-corrected chi connectivity index (χ2v) is 6.33. The number of likely N-dealkylation sites (N-methyl/N-ethyl adjacent to an activating group) is 1. The van der Waals surface area contributed by atoms with Crippen molar-refractivity contribution in [2.45, 2.75) is 13.1 Å². The summed E-state index contributed by atoms with van der Waals surface area (Å²) in [6.07, 6.45) is 1.78. The topological polar surface area (TPSA) is 23.6 Å². The van der Waals surface area contributed by atoms with E-state index in [0.29, 0.717) is 19.6 Å². The lowest BCUT2D eigenvalue weighted by atomic mass is 10.2. The molecule has 0 N–H and O–H groups in total. The Balaban J connectivity index is 1.91. The largest absolute Gasteiger partial charge is 0.333 e. The van der Waals surface area contributed by atoms with E-state index in [0.717, 1.165) is 6.54 Å². The van der Waals surface area contributed by atoms with Crippen LogP contribution in [0.4, 0.5) is 0 Å². The first-order chi connectivity index (χ1) is 10.7. The van der Waals surface area contributed by atoms with E-state index in [9.17, 15) is 4.79 Å². The van der Waals surface area contributed by atoms with Gasteiger partial charge < -0.3 is 4.90 Å². The van der Waals surface area contributed by atoms with Crippen molar-refractivity contribution in [3.63, 3.8) is 0 Å². The summed E-state index contributed by atoms with van der Waals surface area (Å²) < 4.78 is 0. The van der Waals surface area contributed by atoms with Crippen LogP contribution in [0.15, 0.2) is 60.5 Å². The van der Waals surface area contributed by atoms with Crippen molar-refractivity contribution >= 4 is 17.2 Å². The number of hydrogen-bond donors (Lipinski definition) is 0. The van der Waals surface area contributed by atoms with E-state index in [1.807, 2.05) is 46.5 Å². The molecule has 1 aromatic carbocycles. The van der Waals surface area contributed by atoms with Crippen LogP contribution in [0.5, 0.6) is 0 Å². The van der Waals surface area contributed by atoms with Crippen LogP contribution in [0.3, 0.4) is 0 Å². The Morgan fingerprint density at radius 2 is 1.95 bits per heavy atom. The molecule has 116 valence electrons. The number of amides is 1. The van der Waals surface area contributed by atoms with Crippen LogP contribution < -0.4 is 0 Å². The van der Waals surface area contributed by atoms with E-state index < -0.39 is 0 Å². The summed E-state index contributed by atoms with van der Waals surface area (Å²) in [7, 11) is 1.97. The number of carbonyl (C=O) groups is 1. The van der Waals surface area contributed by atoms with Gasteiger partial charge in [-0.05, 0) is 24.1 Å². The third-order valence-electron chi connectivity index (χ3n) is 3.33. The summed E-state index contributed by atoms with van der Waals surface area (Å²) in [6, 6.07) is 14.3. The standard InChI is InChI=1S/C18H22N2OS/c1-3-11-20(14-17-10-7-12-22-17)18(21)15-19(2)13-16-8-5-4-6-9-16/h3-10,12H,1,11,13-15H2,2H3. The van der Waals surface area contributed by atoms with Gasteiger partial charge in [0.15, 0.2) is 0 Å². The summed E-state index contributed by atoms with van der Waals surface area (Å²) >= 11 is 1.67. The zero-order chi connectivity index (χ0) is 15.8. The van der Waals surface area contributed by atoms with Gasteiger partial charge in [0.2, 0.25) is 5.91 Å². The fraction of sp³-hybridized carbons (Fsp3) is 0.278. The van der Waals surface area contributed by atoms with E-state index in [2.05, 4.69) is 24.8 Å². The van der Waals surface area contributed by atoms with Crippen LogP contribution in [-0.2, 0) is 17.9 Å². The van der Waals surface area contributed by atoms with Gasteiger partial charge in [-0.2, -0.15) is 0 Å². The molecule has 4 heteroatoms. The Morgan fingerprint density at radius 3 is 2.59 bits per heavy atom. The molecule has 0 aliphatic carbocycles. The molecule has 0 bridgehead atoms. The van der Waals surface area contributed by atoms with Gasteiger partial charge in [0, 0.05) is 18.0 Å². The zero-order valence-electron chi connectivity index (χ0n) is 12.9. The molecule has 1 aromatic heterocycles. The summed E-state index contributed by atoms with van der Waals surface area (Å²) in [6.45, 7) is 6.17. The van der Waals surface area contributed by atoms with Crippen molar-refractivity contribution in [1.29, 1.82) is 0 Å². The maximum atomic E-state index is 12.5. The second-order valence-electron chi connectivity index (χ2n) is 5.30. The van der Waals surface area contributed by atoms with E-state index in [-0.39, 0.29) is 5.91 Å². The lowest BCUT2D eigenvalue weighted by Crippen LogP contribution is -2.38. The molecule has 0 fully saturated rings. The lowest BCUT2D eigenvalue weighted by molar-refractivity contribution is -0.132. The maximum Gasteiger partial charge on any atom is 0.237 e. The highest BCUT2D eigenvalue weighted by Gasteiger charge is 2.15. The average molecular weight is 314 g/mol. The van der Waals surface area contributed by atoms with Gasteiger partial charge >= 0.3 is 0 Å². The SMILES string of the molecule is C=CCN(Cc1cccs1)C(=O)CN(C)Cc1ccccc1. The highest BCUT2D eigenvalue weighted by Crippen LogP contribution is 2.12. The van der Waals surface area contributed by atoms with Crippen LogP contribution in [-0.4, -0.2) is 35.8 Å². The molecular weight excluding hydrogens is 292 g/mol. The van der Waals surface area contributed by atoms with Crippen LogP contribution in [0.2, 0.25) is 0 Å². The first kappa shape index (κ1) is 16.5. The van der Waals surface area contributed by atoms with Crippen molar-refractivity contribution in [2.75, 3.05) is 20.1 Å². The Kier molecular flexibility index (Phi) is 6.37. The predicted molar refractivity (Wildman–Crippen MR) is 92.7 cm³/mol. The van der Waals surface area contributed by atoms with E-state index in [4.69, 9.17) is 0 Å². The van der Waals surface area contributed by atoms with Gasteiger partial charge in [-0.3, -0.25) is 9.69 Å². The Labute approximate surface area is 136 Å². The van der Waals surface area contributed by atoms with Gasteiger partial charge in [-0.1, -0.05) is 42.5 Å². The predicted octanol–water partition coefficient (Wildman–Crippen LogP) is 3.39. The van der Waals surface area contributed by atoms with Crippen molar-refractivity contribution in [2.24, 2.45) is 0 Å². The van der Waals surface area contributed by atoms with Crippen LogP contribution in [0.25, 0.3) is 0 Å². The van der Waals surface area contributed by atoms with E-state index in [1.165, 1.54) is 10.4 Å². The molecule has 3 nitrogen and oxygen atoms in total. The summed E-state index contributed by atoms with van der Waals surface area (Å²) in [5, 5.41) is 2.04. The quantitative estimate of drug-likeness (QED) is 0.697. The fourth-order valence-electron chi connectivity index (χ4n) is 2.28. The molecule has 0 radical (unpaired) electrons. The van der Waals surface area contributed by atoms with E-state index >= 15 is 0 Å². The number of carbonyl (C=O) groups excluding carboxylic acids is 1. The maximum absolute atomic E-state index is 12.5. The molecule has 0 atom stereocenters. The highest BCUT2D eigenvalue weighted by atomic mass is 32.1. The molecule has 1 amide bonds. The van der Waals surface area contributed by atoms with Gasteiger partial charge in [0.25, 0.3) is 0 Å². The Hall–Kier alpha value is -1.91. The van der Waals surface area contributed by atoms with Gasteiger partial charge in [-0.25, -0.2) is 0 Å². The molecule has 2 aromatic rings. The number of benzene rings is 1. The highest BCUT2D eigenvalue weighted by molar-refractivity contribution is 7.09. The Bertz CT molecular complexity index is 580. The average Bonchev–Trinajstić information content (AvgIpc) is 3.00. The third-order valence-corrected chi connectivity index (χ3v) is 4.19. The van der Waals surface area contributed by atoms with Gasteiger partial charge in [0.05, 0.1) is 13.1 Å². The van der Waals surface area contributed by atoms with Gasteiger partial charge in [-0.15, -0.1) is 17.9 Å². The minimum atomic E-state index is 0.131. The number of nitrogens with zero attached hydrogens (tertiary/aromatic N) is 2. The number of thiophene rings is 1. The minimum absolute atomic E-state index is 0.131. The fourth-order valence-corrected chi connectivity index (χ4v) is 3.00. The molecule has 0 aliphatic rings. The Morgan fingerprint density at radius 1 is 1.18 bits per heavy atom.